The number of carbonyl (C=O) groups is 5. The van der Waals surface area contributed by atoms with Gasteiger partial charge in [-0.05, 0) is 12.8 Å². The fourth-order valence-corrected chi connectivity index (χ4v) is 6.29. The van der Waals surface area contributed by atoms with Crippen molar-refractivity contribution in [2.24, 2.45) is 11.8 Å². The fourth-order valence-electron chi connectivity index (χ4n) is 5.50. The van der Waals surface area contributed by atoms with Crippen LogP contribution in [0, 0.1) is 11.8 Å². The van der Waals surface area contributed by atoms with Gasteiger partial charge in [0, 0.05) is 51.5 Å². The number of benzene rings is 1. The van der Waals surface area contributed by atoms with E-state index in [0.717, 1.165) is 18.6 Å². The zero-order valence-corrected chi connectivity index (χ0v) is 33.0. The largest absolute Gasteiger partial charge is 0.603 e. The number of unbranched alkanes of at least 4 members (excludes halogenated alkanes) is 1. The van der Waals surface area contributed by atoms with Crippen LogP contribution in [0.5, 0.6) is 0 Å². The van der Waals surface area contributed by atoms with E-state index in [2.05, 4.69) is 15.6 Å². The number of Topliss-reactive ketones (excluding diaryl/α,β-unsaturated/α-hetero) is 1. The SMILES string of the molecule is CCCCOC(=O)N1CCNCC1C(=O)[C@H](/C=[P+](\[O-])OC(OC(=O)C(C)C)OC(=O)C(C)C)NC(=O)c1cc(N2CC[C@H](OC)C2)nc(-c2ccccc2)n1. The average Bonchev–Trinajstić information content (AvgIpc) is 3.67. The van der Waals surface area contributed by atoms with E-state index in [9.17, 15) is 28.9 Å². The minimum atomic E-state index is -3.09. The highest BCUT2D eigenvalue weighted by Gasteiger charge is 2.39. The van der Waals surface area contributed by atoms with E-state index in [1.165, 1.54) is 11.0 Å². The van der Waals surface area contributed by atoms with Crippen LogP contribution in [-0.2, 0) is 37.9 Å². The Labute approximate surface area is 321 Å². The van der Waals surface area contributed by atoms with Crippen LogP contribution in [0.25, 0.3) is 11.4 Å². The van der Waals surface area contributed by atoms with Crippen molar-refractivity contribution in [1.82, 2.24) is 25.5 Å². The summed E-state index contributed by atoms with van der Waals surface area (Å²) in [6.45, 7) is 7.88. The molecule has 2 saturated heterocycles. The molecule has 17 nitrogen and oxygen atoms in total. The van der Waals surface area contributed by atoms with Crippen LogP contribution in [0.4, 0.5) is 10.6 Å². The maximum absolute atomic E-state index is 14.4. The third-order valence-corrected chi connectivity index (χ3v) is 9.65. The summed E-state index contributed by atoms with van der Waals surface area (Å²) < 4.78 is 26.6. The smallest absolute Gasteiger partial charge is 0.410 e. The van der Waals surface area contributed by atoms with Gasteiger partial charge in [-0.25, -0.2) is 14.8 Å². The number of ketones is 1. The van der Waals surface area contributed by atoms with Crippen molar-refractivity contribution in [3.05, 3.63) is 42.1 Å². The summed E-state index contributed by atoms with van der Waals surface area (Å²) in [6, 6.07) is 7.72. The Balaban J connectivity index is 1.71. The lowest BCUT2D eigenvalue weighted by Crippen LogP contribution is -2.61. The molecule has 2 aliphatic heterocycles. The number of nitrogens with zero attached hydrogens (tertiary/aromatic N) is 4. The molecule has 4 atom stereocenters. The number of aromatic nitrogens is 2. The quantitative estimate of drug-likeness (QED) is 0.102. The molecule has 2 fully saturated rings. The van der Waals surface area contributed by atoms with Crippen molar-refractivity contribution < 1.29 is 52.3 Å². The van der Waals surface area contributed by atoms with Crippen molar-refractivity contribution in [2.45, 2.75) is 78.5 Å². The Morgan fingerprint density at radius 3 is 2.35 bits per heavy atom. The van der Waals surface area contributed by atoms with Gasteiger partial charge in [0.2, 0.25) is 8.00 Å². The van der Waals surface area contributed by atoms with Crippen LogP contribution < -0.4 is 20.4 Å². The van der Waals surface area contributed by atoms with Gasteiger partial charge in [0.05, 0.1) is 24.5 Å². The molecule has 2 N–H and O–H groups in total. The molecule has 55 heavy (non-hydrogen) atoms. The second-order valence-electron chi connectivity index (χ2n) is 13.6. The second-order valence-corrected chi connectivity index (χ2v) is 14.7. The third-order valence-electron chi connectivity index (χ3n) is 8.73. The van der Waals surface area contributed by atoms with E-state index in [0.29, 0.717) is 37.4 Å². The first kappa shape index (κ1) is 43.2. The lowest BCUT2D eigenvalue weighted by molar-refractivity contribution is -0.256. The summed E-state index contributed by atoms with van der Waals surface area (Å²) in [7, 11) is -1.46. The van der Waals surface area contributed by atoms with Gasteiger partial charge >= 0.3 is 24.5 Å². The normalized spacial score (nSPS) is 18.0. The Bertz CT molecular complexity index is 1660. The Morgan fingerprint density at radius 1 is 1.04 bits per heavy atom. The Hall–Kier alpha value is -4.54. The molecule has 2 unspecified atom stereocenters. The van der Waals surface area contributed by atoms with Gasteiger partial charge in [0.25, 0.3) is 5.91 Å². The zero-order valence-electron chi connectivity index (χ0n) is 32.1. The monoisotopic (exact) mass is 786 g/mol. The molecule has 0 bridgehead atoms. The molecule has 18 heteroatoms. The van der Waals surface area contributed by atoms with Crippen LogP contribution in [0.3, 0.4) is 0 Å². The van der Waals surface area contributed by atoms with Crippen LogP contribution >= 0.6 is 8.00 Å². The summed E-state index contributed by atoms with van der Waals surface area (Å²) >= 11 is 0. The lowest BCUT2D eigenvalue weighted by Gasteiger charge is -2.35. The van der Waals surface area contributed by atoms with Crippen LogP contribution in [0.15, 0.2) is 36.4 Å². The van der Waals surface area contributed by atoms with Crippen LogP contribution in [0.2, 0.25) is 0 Å². The van der Waals surface area contributed by atoms with Crippen molar-refractivity contribution >= 4 is 49.3 Å². The number of esters is 2. The van der Waals surface area contributed by atoms with Crippen molar-refractivity contribution in [2.75, 3.05) is 51.3 Å². The first-order chi connectivity index (χ1) is 26.3. The summed E-state index contributed by atoms with van der Waals surface area (Å²) in [5.41, 5.74) is 0.541. The maximum Gasteiger partial charge on any atom is 0.410 e. The van der Waals surface area contributed by atoms with E-state index < -0.39 is 68.1 Å². The van der Waals surface area contributed by atoms with E-state index >= 15 is 0 Å². The van der Waals surface area contributed by atoms with Gasteiger partial charge in [0.15, 0.2) is 17.6 Å². The molecular formula is C37H51N6O11P. The topological polar surface area (TPSA) is 211 Å². The summed E-state index contributed by atoms with van der Waals surface area (Å²) in [5.74, 6) is -2.86. The zero-order chi connectivity index (χ0) is 40.1. The predicted octanol–water partition coefficient (Wildman–Crippen LogP) is 2.42. The third kappa shape index (κ3) is 12.5. The number of amides is 2. The van der Waals surface area contributed by atoms with Gasteiger partial charge in [-0.3, -0.25) is 24.1 Å². The molecule has 4 rings (SSSR count). The predicted molar refractivity (Wildman–Crippen MR) is 201 cm³/mol. The van der Waals surface area contributed by atoms with Crippen molar-refractivity contribution in [3.63, 3.8) is 0 Å². The summed E-state index contributed by atoms with van der Waals surface area (Å²) in [5, 5.41) is 5.70. The molecule has 2 aliphatic rings. The number of methoxy groups -OCH3 is 1. The highest BCUT2D eigenvalue weighted by molar-refractivity contribution is 7.45. The highest BCUT2D eigenvalue weighted by atomic mass is 31.1. The van der Waals surface area contributed by atoms with Gasteiger partial charge in [-0.15, -0.1) is 0 Å². The number of ether oxygens (including phenoxy) is 4. The van der Waals surface area contributed by atoms with Gasteiger partial charge in [-0.1, -0.05) is 75.9 Å². The van der Waals surface area contributed by atoms with Gasteiger partial charge < -0.3 is 39.4 Å². The standard InChI is InChI=1S/C37H51N6O11P/c1-7-8-18-51-36(48)43-17-15-38-20-29(43)31(44)28(22-55(49)54-37(52-34(46)23(2)3)53-35(47)24(4)5)40-33(45)27-19-30(42-16-14-26(21-42)50-6)41-32(39-27)25-12-10-9-11-13-25/h9-13,19,22-24,26,28-29,37-38H,7-8,14-18,20-21H2,1-6H3,(H,40,45)/t26-,28-,29?/m0/s1. The van der Waals surface area contributed by atoms with Gasteiger partial charge in [0.1, 0.15) is 23.4 Å². The molecule has 1 aromatic heterocycles. The molecule has 2 aromatic rings. The van der Waals surface area contributed by atoms with E-state index in [1.807, 2.05) is 30.0 Å². The molecule has 0 saturated carbocycles. The van der Waals surface area contributed by atoms with Gasteiger partial charge in [-0.2, -0.15) is 0 Å². The molecule has 0 aliphatic carbocycles. The number of nitrogens with one attached hydrogen (secondary N) is 2. The molecule has 0 spiro atoms. The minimum absolute atomic E-state index is 0.00558. The number of carbonyl (C=O) groups excluding carboxylic acids is 5. The Kier molecular flexibility index (Phi) is 16.5. The van der Waals surface area contributed by atoms with Crippen LogP contribution in [-0.4, -0.2) is 121 Å². The molecule has 300 valence electrons. The molecule has 2 amide bonds. The molecule has 0 radical (unpaired) electrons. The van der Waals surface area contributed by atoms with Crippen molar-refractivity contribution in [3.8, 4) is 11.4 Å². The van der Waals surface area contributed by atoms with E-state index in [-0.39, 0.29) is 37.3 Å². The first-order valence-corrected chi connectivity index (χ1v) is 19.7. The maximum atomic E-state index is 14.4. The number of hydrogen-bond acceptors (Lipinski definition) is 15. The number of hydrogen-bond donors (Lipinski definition) is 2. The molecule has 1 aromatic carbocycles. The minimum Gasteiger partial charge on any atom is -0.603 e. The average molecular weight is 787 g/mol. The molecular weight excluding hydrogens is 735 g/mol. The lowest BCUT2D eigenvalue weighted by atomic mass is 10.0. The van der Waals surface area contributed by atoms with E-state index in [4.69, 9.17) is 28.5 Å². The fraction of sp³-hybridized carbons (Fsp3) is 0.568. The number of anilines is 1. The van der Waals surface area contributed by atoms with Crippen LogP contribution in [0.1, 0.15) is 64.4 Å². The highest BCUT2D eigenvalue weighted by Crippen LogP contribution is 2.25. The summed E-state index contributed by atoms with van der Waals surface area (Å²) in [6.07, 6.45) is 1.40. The first-order valence-electron chi connectivity index (χ1n) is 18.4. The summed E-state index contributed by atoms with van der Waals surface area (Å²) in [4.78, 5) is 92.5. The van der Waals surface area contributed by atoms with E-state index in [1.54, 1.807) is 46.9 Å². The Morgan fingerprint density at radius 2 is 1.73 bits per heavy atom. The molecule has 3 heterocycles. The van der Waals surface area contributed by atoms with Crippen molar-refractivity contribution in [1.29, 1.82) is 0 Å². The number of piperazine rings is 1. The second kappa shape index (κ2) is 20.9. The number of rotatable bonds is 17.